The van der Waals surface area contributed by atoms with E-state index in [4.69, 9.17) is 10.4 Å². The van der Waals surface area contributed by atoms with Gasteiger partial charge in [0.25, 0.3) is 0 Å². The summed E-state index contributed by atoms with van der Waals surface area (Å²) in [7, 11) is 0. The lowest BCUT2D eigenvalue weighted by Crippen LogP contribution is -2.47. The number of rotatable bonds is 4. The summed E-state index contributed by atoms with van der Waals surface area (Å²) in [5.41, 5.74) is -0.176. The van der Waals surface area contributed by atoms with Crippen LogP contribution in [0.2, 0.25) is 0 Å². The summed E-state index contributed by atoms with van der Waals surface area (Å²) in [6.45, 7) is 8.12. The fraction of sp³-hybridized carbons (Fsp3) is 0.800. The Balaban J connectivity index is 4.43. The van der Waals surface area contributed by atoms with Crippen LogP contribution in [0.15, 0.2) is 0 Å². The minimum Gasteiger partial charge on any atom is -0.481 e. The SMILES string of the molecule is CC(C#N)N(CCC(=O)O)C(C)(C)C. The molecular formula is C10H18N2O2. The Kier molecular flexibility index (Phi) is 4.58. The Bertz CT molecular complexity index is 237. The molecule has 1 N–H and O–H groups in total. The van der Waals surface area contributed by atoms with E-state index in [9.17, 15) is 4.79 Å². The van der Waals surface area contributed by atoms with Gasteiger partial charge in [0.2, 0.25) is 0 Å². The first kappa shape index (κ1) is 12.9. The van der Waals surface area contributed by atoms with Crippen molar-refractivity contribution in [2.75, 3.05) is 6.54 Å². The molecule has 0 heterocycles. The number of hydrogen-bond acceptors (Lipinski definition) is 3. The minimum absolute atomic E-state index is 0.0727. The first-order valence-electron chi connectivity index (χ1n) is 4.67. The van der Waals surface area contributed by atoms with Gasteiger partial charge in [0.05, 0.1) is 18.5 Å². The quantitative estimate of drug-likeness (QED) is 0.743. The van der Waals surface area contributed by atoms with E-state index < -0.39 is 5.97 Å². The summed E-state index contributed by atoms with van der Waals surface area (Å²) in [5.74, 6) is -0.829. The average molecular weight is 198 g/mol. The molecule has 0 bridgehead atoms. The number of nitrogens with zero attached hydrogens (tertiary/aromatic N) is 2. The van der Waals surface area contributed by atoms with Crippen molar-refractivity contribution in [1.29, 1.82) is 5.26 Å². The van der Waals surface area contributed by atoms with E-state index in [0.717, 1.165) is 0 Å². The summed E-state index contributed by atoms with van der Waals surface area (Å²) in [6.07, 6.45) is 0.0727. The second-order valence-corrected chi connectivity index (χ2v) is 4.31. The number of aliphatic carboxylic acids is 1. The van der Waals surface area contributed by atoms with Crippen LogP contribution in [0.4, 0.5) is 0 Å². The van der Waals surface area contributed by atoms with Crippen LogP contribution < -0.4 is 0 Å². The van der Waals surface area contributed by atoms with E-state index in [2.05, 4.69) is 6.07 Å². The maximum Gasteiger partial charge on any atom is 0.304 e. The van der Waals surface area contributed by atoms with Gasteiger partial charge in [-0.15, -0.1) is 0 Å². The van der Waals surface area contributed by atoms with Gasteiger partial charge in [-0.05, 0) is 27.7 Å². The van der Waals surface area contributed by atoms with Gasteiger partial charge in [-0.2, -0.15) is 5.26 Å². The molecule has 4 nitrogen and oxygen atoms in total. The van der Waals surface area contributed by atoms with Crippen molar-refractivity contribution in [3.05, 3.63) is 0 Å². The summed E-state index contributed by atoms with van der Waals surface area (Å²) in [5, 5.41) is 17.4. The molecule has 0 saturated carbocycles. The van der Waals surface area contributed by atoms with Gasteiger partial charge in [0, 0.05) is 12.1 Å². The van der Waals surface area contributed by atoms with Gasteiger partial charge in [-0.25, -0.2) is 0 Å². The molecule has 0 aliphatic rings. The highest BCUT2D eigenvalue weighted by atomic mass is 16.4. The molecule has 1 atom stereocenters. The van der Waals surface area contributed by atoms with Gasteiger partial charge in [0.1, 0.15) is 0 Å². The smallest absolute Gasteiger partial charge is 0.304 e. The topological polar surface area (TPSA) is 64.3 Å². The highest BCUT2D eigenvalue weighted by molar-refractivity contribution is 5.66. The van der Waals surface area contributed by atoms with Gasteiger partial charge >= 0.3 is 5.97 Å². The molecule has 0 aromatic rings. The lowest BCUT2D eigenvalue weighted by molar-refractivity contribution is -0.137. The Morgan fingerprint density at radius 1 is 1.57 bits per heavy atom. The van der Waals surface area contributed by atoms with Crippen molar-refractivity contribution >= 4 is 5.97 Å². The Hall–Kier alpha value is -1.08. The molecule has 0 spiro atoms. The fourth-order valence-electron chi connectivity index (χ4n) is 1.40. The van der Waals surface area contributed by atoms with Crippen LogP contribution in [-0.4, -0.2) is 34.1 Å². The molecule has 1 unspecified atom stereocenters. The van der Waals surface area contributed by atoms with Crippen molar-refractivity contribution in [3.8, 4) is 6.07 Å². The average Bonchev–Trinajstić information content (AvgIpc) is 2.01. The zero-order chi connectivity index (χ0) is 11.4. The van der Waals surface area contributed by atoms with E-state index in [-0.39, 0.29) is 18.0 Å². The van der Waals surface area contributed by atoms with Crippen molar-refractivity contribution in [2.45, 2.75) is 45.7 Å². The Morgan fingerprint density at radius 3 is 2.36 bits per heavy atom. The van der Waals surface area contributed by atoms with Crippen LogP contribution in [0.25, 0.3) is 0 Å². The molecular weight excluding hydrogens is 180 g/mol. The zero-order valence-corrected chi connectivity index (χ0v) is 9.24. The molecule has 0 aliphatic carbocycles. The van der Waals surface area contributed by atoms with Crippen molar-refractivity contribution < 1.29 is 9.90 Å². The molecule has 0 aromatic heterocycles. The molecule has 0 aromatic carbocycles. The molecule has 0 amide bonds. The highest BCUT2D eigenvalue weighted by Crippen LogP contribution is 2.16. The van der Waals surface area contributed by atoms with Crippen molar-refractivity contribution in [2.24, 2.45) is 0 Å². The van der Waals surface area contributed by atoms with E-state index >= 15 is 0 Å². The maximum atomic E-state index is 10.4. The second kappa shape index (κ2) is 4.97. The first-order valence-corrected chi connectivity index (χ1v) is 4.67. The molecule has 0 fully saturated rings. The number of nitriles is 1. The number of hydrogen-bond donors (Lipinski definition) is 1. The molecule has 4 heteroatoms. The molecule has 0 radical (unpaired) electrons. The fourth-order valence-corrected chi connectivity index (χ4v) is 1.40. The molecule has 0 saturated heterocycles. The van der Waals surface area contributed by atoms with Crippen molar-refractivity contribution in [3.63, 3.8) is 0 Å². The van der Waals surface area contributed by atoms with Gasteiger partial charge in [-0.1, -0.05) is 0 Å². The van der Waals surface area contributed by atoms with Gasteiger partial charge in [-0.3, -0.25) is 9.69 Å². The predicted octanol–water partition coefficient (Wildman–Crippen LogP) is 1.47. The largest absolute Gasteiger partial charge is 0.481 e. The molecule has 14 heavy (non-hydrogen) atoms. The summed E-state index contributed by atoms with van der Waals surface area (Å²) >= 11 is 0. The zero-order valence-electron chi connectivity index (χ0n) is 9.24. The third-order valence-electron chi connectivity index (χ3n) is 2.08. The number of carboxylic acids is 1. The van der Waals surface area contributed by atoms with E-state index in [1.165, 1.54) is 0 Å². The van der Waals surface area contributed by atoms with E-state index in [1.54, 1.807) is 6.92 Å². The van der Waals surface area contributed by atoms with Crippen LogP contribution in [0.1, 0.15) is 34.1 Å². The van der Waals surface area contributed by atoms with Crippen molar-refractivity contribution in [1.82, 2.24) is 4.90 Å². The highest BCUT2D eigenvalue weighted by Gasteiger charge is 2.26. The van der Waals surface area contributed by atoms with Crippen LogP contribution in [0.3, 0.4) is 0 Å². The van der Waals surface area contributed by atoms with E-state index in [1.807, 2.05) is 25.7 Å². The number of carbonyl (C=O) groups is 1. The predicted molar refractivity (Wildman–Crippen MR) is 53.8 cm³/mol. The minimum atomic E-state index is -0.829. The molecule has 0 aliphatic heterocycles. The van der Waals surface area contributed by atoms with Gasteiger partial charge in [0.15, 0.2) is 0 Å². The molecule has 0 rings (SSSR count). The lowest BCUT2D eigenvalue weighted by atomic mass is 10.0. The normalized spacial score (nSPS) is 13.7. The monoisotopic (exact) mass is 198 g/mol. The lowest BCUT2D eigenvalue weighted by Gasteiger charge is -2.37. The molecule has 80 valence electrons. The van der Waals surface area contributed by atoms with Crippen LogP contribution in [0, 0.1) is 11.3 Å². The standard InChI is InChI=1S/C10H18N2O2/c1-8(7-11)12(10(2,3)4)6-5-9(13)14/h8H,5-6H2,1-4H3,(H,13,14). The summed E-state index contributed by atoms with van der Waals surface area (Å²) in [4.78, 5) is 12.3. The Morgan fingerprint density at radius 2 is 2.07 bits per heavy atom. The van der Waals surface area contributed by atoms with Crippen LogP contribution in [-0.2, 0) is 4.79 Å². The summed E-state index contributed by atoms with van der Waals surface area (Å²) in [6, 6.07) is 1.87. The van der Waals surface area contributed by atoms with Gasteiger partial charge < -0.3 is 5.11 Å². The number of carboxylic acid groups (broad SMARTS) is 1. The van der Waals surface area contributed by atoms with Crippen LogP contribution in [0.5, 0.6) is 0 Å². The van der Waals surface area contributed by atoms with E-state index in [0.29, 0.717) is 6.54 Å². The Labute approximate surface area is 85.1 Å². The maximum absolute atomic E-state index is 10.4. The first-order chi connectivity index (χ1) is 6.29. The third-order valence-corrected chi connectivity index (χ3v) is 2.08. The second-order valence-electron chi connectivity index (χ2n) is 4.31. The van der Waals surface area contributed by atoms with Crippen LogP contribution >= 0.6 is 0 Å². The summed E-state index contributed by atoms with van der Waals surface area (Å²) < 4.78 is 0. The third kappa shape index (κ3) is 4.24.